The topological polar surface area (TPSA) is 46.2 Å². The number of carbonyl (C=O) groups excluding carboxylic acids is 2. The number of carbonyl (C=O) groups is 2. The van der Waals surface area contributed by atoms with Crippen LogP contribution >= 0.6 is 0 Å². The van der Waals surface area contributed by atoms with Crippen LogP contribution in [-0.2, 0) is 0 Å². The fourth-order valence-corrected chi connectivity index (χ4v) is 2.50. The number of hydrogen-bond donors (Lipinski definition) is 1. The number of rotatable bonds is 4. The maximum atomic E-state index is 12.8. The first kappa shape index (κ1) is 18.9. The van der Waals surface area contributed by atoms with E-state index in [2.05, 4.69) is 5.32 Å². The summed E-state index contributed by atoms with van der Waals surface area (Å²) in [4.78, 5) is 25.5. The monoisotopic (exact) mass is 337 g/mol. The van der Waals surface area contributed by atoms with Crippen LogP contribution in [0.3, 0.4) is 0 Å². The van der Waals surface area contributed by atoms with Crippen molar-refractivity contribution in [3.63, 3.8) is 0 Å². The zero-order valence-electron chi connectivity index (χ0n) is 15.9. The Morgan fingerprint density at radius 1 is 0.760 bits per heavy atom. The zero-order valence-corrected chi connectivity index (χ0v) is 15.9. The Hall–Kier alpha value is -2.42. The highest BCUT2D eigenvalue weighted by Gasteiger charge is 2.28. The van der Waals surface area contributed by atoms with E-state index in [0.29, 0.717) is 16.8 Å². The molecule has 0 aromatic heterocycles. The molecule has 2 rings (SSSR count). The van der Waals surface area contributed by atoms with Crippen molar-refractivity contribution in [1.29, 1.82) is 0 Å². The number of Topliss-reactive ketones (excluding diaryl/α,β-unsaturated/α-hetero) is 2. The molecule has 0 aliphatic carbocycles. The van der Waals surface area contributed by atoms with Gasteiger partial charge in [-0.3, -0.25) is 9.59 Å². The molecule has 0 amide bonds. The highest BCUT2D eigenvalue weighted by Crippen LogP contribution is 2.31. The molecule has 0 atom stereocenters. The number of hydrogen-bond acceptors (Lipinski definition) is 3. The minimum Gasteiger partial charge on any atom is -0.355 e. The summed E-state index contributed by atoms with van der Waals surface area (Å²) in [6.07, 6.45) is 0. The molecule has 3 heteroatoms. The van der Waals surface area contributed by atoms with Crippen molar-refractivity contribution in [2.24, 2.45) is 10.8 Å². The highest BCUT2D eigenvalue weighted by molar-refractivity contribution is 6.07. The molecule has 0 saturated heterocycles. The lowest BCUT2D eigenvalue weighted by molar-refractivity contribution is 0.0849. The standard InChI is InChI=1S/C22H27NO2/c1-21(2,3)19(24)15-12-13-17(20(25)22(4,5)6)18(14-15)23-16-10-8-7-9-11-16/h7-14,23H,1-6H3. The Kier molecular flexibility index (Phi) is 5.17. The lowest BCUT2D eigenvalue weighted by Gasteiger charge is -2.22. The first-order chi connectivity index (χ1) is 11.5. The molecule has 0 aliphatic heterocycles. The molecule has 25 heavy (non-hydrogen) atoms. The summed E-state index contributed by atoms with van der Waals surface area (Å²) in [5.74, 6) is 0.0964. The predicted molar refractivity (Wildman–Crippen MR) is 104 cm³/mol. The summed E-state index contributed by atoms with van der Waals surface area (Å²) < 4.78 is 0. The van der Waals surface area contributed by atoms with Gasteiger partial charge in [-0.05, 0) is 24.3 Å². The number of anilines is 2. The van der Waals surface area contributed by atoms with Gasteiger partial charge in [0.2, 0.25) is 0 Å². The average molecular weight is 337 g/mol. The van der Waals surface area contributed by atoms with E-state index < -0.39 is 10.8 Å². The summed E-state index contributed by atoms with van der Waals surface area (Å²) >= 11 is 0. The number of ketones is 2. The van der Waals surface area contributed by atoms with E-state index in [1.54, 1.807) is 18.2 Å². The van der Waals surface area contributed by atoms with Crippen molar-refractivity contribution in [3.05, 3.63) is 59.7 Å². The summed E-state index contributed by atoms with van der Waals surface area (Å²) in [6, 6.07) is 15.0. The lowest BCUT2D eigenvalue weighted by atomic mass is 9.83. The Balaban J connectivity index is 2.53. The third kappa shape index (κ3) is 4.56. The van der Waals surface area contributed by atoms with Crippen LogP contribution in [0.5, 0.6) is 0 Å². The van der Waals surface area contributed by atoms with E-state index in [4.69, 9.17) is 0 Å². The van der Waals surface area contributed by atoms with Gasteiger partial charge in [0.15, 0.2) is 11.6 Å². The van der Waals surface area contributed by atoms with Crippen molar-refractivity contribution in [2.45, 2.75) is 41.5 Å². The predicted octanol–water partition coefficient (Wildman–Crippen LogP) is 5.89. The summed E-state index contributed by atoms with van der Waals surface area (Å²) in [6.45, 7) is 11.4. The van der Waals surface area contributed by atoms with Crippen LogP contribution in [0.25, 0.3) is 0 Å². The average Bonchev–Trinajstić information content (AvgIpc) is 2.52. The Labute approximate surface area is 150 Å². The molecule has 0 heterocycles. The van der Waals surface area contributed by atoms with Gasteiger partial charge in [-0.25, -0.2) is 0 Å². The third-order valence-corrected chi connectivity index (χ3v) is 3.94. The maximum absolute atomic E-state index is 12.8. The molecular formula is C22H27NO2. The zero-order chi connectivity index (χ0) is 18.8. The summed E-state index contributed by atoms with van der Waals surface area (Å²) in [5.41, 5.74) is 1.78. The minimum atomic E-state index is -0.497. The molecule has 0 unspecified atom stereocenters. The largest absolute Gasteiger partial charge is 0.355 e. The van der Waals surface area contributed by atoms with Crippen LogP contribution in [0, 0.1) is 10.8 Å². The third-order valence-electron chi connectivity index (χ3n) is 3.94. The molecule has 1 N–H and O–H groups in total. The van der Waals surface area contributed by atoms with Crippen molar-refractivity contribution >= 4 is 22.9 Å². The van der Waals surface area contributed by atoms with Gasteiger partial charge in [0.05, 0.1) is 5.69 Å². The van der Waals surface area contributed by atoms with Crippen molar-refractivity contribution < 1.29 is 9.59 Å². The first-order valence-electron chi connectivity index (χ1n) is 8.56. The molecular weight excluding hydrogens is 310 g/mol. The quantitative estimate of drug-likeness (QED) is 0.708. The van der Waals surface area contributed by atoms with Gasteiger partial charge >= 0.3 is 0 Å². The molecule has 0 bridgehead atoms. The van der Waals surface area contributed by atoms with Crippen LogP contribution in [0.1, 0.15) is 62.3 Å². The smallest absolute Gasteiger partial charge is 0.170 e. The number of benzene rings is 2. The van der Waals surface area contributed by atoms with Crippen molar-refractivity contribution in [2.75, 3.05) is 5.32 Å². The second-order valence-corrected chi connectivity index (χ2v) is 8.41. The Morgan fingerprint density at radius 2 is 1.32 bits per heavy atom. The molecule has 3 nitrogen and oxygen atoms in total. The lowest BCUT2D eigenvalue weighted by Crippen LogP contribution is -2.23. The number of para-hydroxylation sites is 1. The van der Waals surface area contributed by atoms with Gasteiger partial charge in [-0.1, -0.05) is 65.8 Å². The molecule has 2 aromatic carbocycles. The SMILES string of the molecule is CC(C)(C)C(=O)c1ccc(C(=O)C(C)(C)C)c(Nc2ccccc2)c1. The molecule has 132 valence electrons. The van der Waals surface area contributed by atoms with Gasteiger partial charge in [-0.15, -0.1) is 0 Å². The normalized spacial score (nSPS) is 11.9. The Morgan fingerprint density at radius 3 is 1.84 bits per heavy atom. The summed E-state index contributed by atoms with van der Waals surface area (Å²) in [7, 11) is 0. The van der Waals surface area contributed by atoms with E-state index in [9.17, 15) is 9.59 Å². The van der Waals surface area contributed by atoms with E-state index in [1.165, 1.54) is 0 Å². The van der Waals surface area contributed by atoms with Gasteiger partial charge < -0.3 is 5.32 Å². The van der Waals surface area contributed by atoms with Gasteiger partial charge in [0.1, 0.15) is 0 Å². The second-order valence-electron chi connectivity index (χ2n) is 8.41. The van der Waals surface area contributed by atoms with Gasteiger partial charge in [-0.2, -0.15) is 0 Å². The van der Waals surface area contributed by atoms with Crippen molar-refractivity contribution in [3.8, 4) is 0 Å². The van der Waals surface area contributed by atoms with E-state index in [-0.39, 0.29) is 11.6 Å². The molecule has 0 spiro atoms. The molecule has 0 saturated carbocycles. The van der Waals surface area contributed by atoms with Crippen LogP contribution in [0.4, 0.5) is 11.4 Å². The Bertz CT molecular complexity index is 778. The van der Waals surface area contributed by atoms with Crippen LogP contribution < -0.4 is 5.32 Å². The van der Waals surface area contributed by atoms with Crippen LogP contribution in [0.2, 0.25) is 0 Å². The van der Waals surface area contributed by atoms with Gasteiger partial charge in [0.25, 0.3) is 0 Å². The first-order valence-corrected chi connectivity index (χ1v) is 8.56. The second kappa shape index (κ2) is 6.83. The van der Waals surface area contributed by atoms with E-state index in [0.717, 1.165) is 5.69 Å². The fraction of sp³-hybridized carbons (Fsp3) is 0.364. The number of nitrogens with one attached hydrogen (secondary N) is 1. The molecule has 0 radical (unpaired) electrons. The van der Waals surface area contributed by atoms with Crippen LogP contribution in [-0.4, -0.2) is 11.6 Å². The molecule has 2 aromatic rings. The minimum absolute atomic E-state index is 0.0423. The van der Waals surface area contributed by atoms with Crippen molar-refractivity contribution in [1.82, 2.24) is 0 Å². The molecule has 0 fully saturated rings. The van der Waals surface area contributed by atoms with E-state index >= 15 is 0 Å². The van der Waals surface area contributed by atoms with E-state index in [1.807, 2.05) is 71.9 Å². The summed E-state index contributed by atoms with van der Waals surface area (Å²) in [5, 5.41) is 3.30. The molecule has 0 aliphatic rings. The van der Waals surface area contributed by atoms with Gasteiger partial charge in [0, 0.05) is 27.6 Å². The maximum Gasteiger partial charge on any atom is 0.170 e. The van der Waals surface area contributed by atoms with Crippen LogP contribution in [0.15, 0.2) is 48.5 Å². The highest BCUT2D eigenvalue weighted by atomic mass is 16.1. The fourth-order valence-electron chi connectivity index (χ4n) is 2.50.